The molecule has 1 amide bonds. The standard InChI is InChI=1S/C17H10N4O3S/c18-9-11-4-6-12(7-5-11)16(22)20-17-19-15(10-25-17)13-2-1-3-14(8-13)21(23)24/h1-8,10H,(H,19,20,22). The molecular formula is C17H10N4O3S. The molecule has 0 fully saturated rings. The van der Waals surface area contributed by atoms with Crippen molar-refractivity contribution in [3.8, 4) is 17.3 Å². The number of carbonyl (C=O) groups is 1. The zero-order chi connectivity index (χ0) is 17.8. The molecule has 0 atom stereocenters. The van der Waals surface area contributed by atoms with Gasteiger partial charge >= 0.3 is 0 Å². The average molecular weight is 350 g/mol. The third kappa shape index (κ3) is 3.68. The van der Waals surface area contributed by atoms with Crippen LogP contribution in [0.15, 0.2) is 53.9 Å². The predicted octanol–water partition coefficient (Wildman–Crippen LogP) is 3.84. The van der Waals surface area contributed by atoms with E-state index in [9.17, 15) is 14.9 Å². The first-order valence-electron chi connectivity index (χ1n) is 7.08. The van der Waals surface area contributed by atoms with Gasteiger partial charge in [-0.25, -0.2) is 4.98 Å². The molecule has 1 heterocycles. The number of anilines is 1. The van der Waals surface area contributed by atoms with E-state index in [0.717, 1.165) is 0 Å². The molecule has 0 aliphatic heterocycles. The number of nitrogens with zero attached hydrogens (tertiary/aromatic N) is 3. The number of rotatable bonds is 4. The van der Waals surface area contributed by atoms with Gasteiger partial charge in [0.1, 0.15) is 0 Å². The summed E-state index contributed by atoms with van der Waals surface area (Å²) >= 11 is 1.22. The van der Waals surface area contributed by atoms with E-state index in [1.807, 2.05) is 6.07 Å². The van der Waals surface area contributed by atoms with Gasteiger partial charge in [0, 0.05) is 28.6 Å². The number of benzene rings is 2. The fraction of sp³-hybridized carbons (Fsp3) is 0. The highest BCUT2D eigenvalue weighted by Crippen LogP contribution is 2.27. The van der Waals surface area contributed by atoms with Crippen LogP contribution in [0.3, 0.4) is 0 Å². The Morgan fingerprint density at radius 2 is 2.00 bits per heavy atom. The van der Waals surface area contributed by atoms with E-state index in [1.54, 1.807) is 41.8 Å². The lowest BCUT2D eigenvalue weighted by molar-refractivity contribution is -0.384. The van der Waals surface area contributed by atoms with Crippen molar-refractivity contribution in [1.82, 2.24) is 4.98 Å². The van der Waals surface area contributed by atoms with Crippen molar-refractivity contribution in [2.75, 3.05) is 5.32 Å². The molecule has 0 bridgehead atoms. The Morgan fingerprint density at radius 1 is 1.24 bits per heavy atom. The molecule has 0 radical (unpaired) electrons. The topological polar surface area (TPSA) is 109 Å². The minimum absolute atomic E-state index is 0.0198. The lowest BCUT2D eigenvalue weighted by Gasteiger charge is -2.01. The highest BCUT2D eigenvalue weighted by atomic mass is 32.1. The largest absolute Gasteiger partial charge is 0.298 e. The van der Waals surface area contributed by atoms with Gasteiger partial charge in [-0.3, -0.25) is 20.2 Å². The first-order valence-corrected chi connectivity index (χ1v) is 7.96. The summed E-state index contributed by atoms with van der Waals surface area (Å²) in [5.74, 6) is -0.343. The van der Waals surface area contributed by atoms with Crippen molar-refractivity contribution in [2.24, 2.45) is 0 Å². The van der Waals surface area contributed by atoms with Crippen LogP contribution in [-0.2, 0) is 0 Å². The van der Waals surface area contributed by atoms with Crippen molar-refractivity contribution in [2.45, 2.75) is 0 Å². The molecule has 0 saturated heterocycles. The van der Waals surface area contributed by atoms with Crippen LogP contribution in [0, 0.1) is 21.4 Å². The van der Waals surface area contributed by atoms with Crippen LogP contribution in [0.5, 0.6) is 0 Å². The first-order chi connectivity index (χ1) is 12.1. The number of hydrogen-bond acceptors (Lipinski definition) is 6. The molecular weight excluding hydrogens is 340 g/mol. The van der Waals surface area contributed by atoms with Gasteiger partial charge in [-0.15, -0.1) is 11.3 Å². The maximum absolute atomic E-state index is 12.2. The fourth-order valence-electron chi connectivity index (χ4n) is 2.11. The lowest BCUT2D eigenvalue weighted by Crippen LogP contribution is -2.11. The molecule has 2 aromatic carbocycles. The summed E-state index contributed by atoms with van der Waals surface area (Å²) in [6.45, 7) is 0. The van der Waals surface area contributed by atoms with Gasteiger partial charge in [-0.2, -0.15) is 5.26 Å². The first kappa shape index (κ1) is 16.3. The second-order valence-corrected chi connectivity index (χ2v) is 5.85. The zero-order valence-electron chi connectivity index (χ0n) is 12.7. The molecule has 0 spiro atoms. The number of amides is 1. The van der Waals surface area contributed by atoms with E-state index in [-0.39, 0.29) is 11.6 Å². The molecule has 0 aliphatic carbocycles. The molecule has 0 aliphatic rings. The van der Waals surface area contributed by atoms with Gasteiger partial charge in [0.25, 0.3) is 11.6 Å². The summed E-state index contributed by atoms with van der Waals surface area (Å²) in [6.07, 6.45) is 0. The summed E-state index contributed by atoms with van der Waals surface area (Å²) in [5.41, 5.74) is 2.01. The van der Waals surface area contributed by atoms with Crippen molar-refractivity contribution in [3.63, 3.8) is 0 Å². The van der Waals surface area contributed by atoms with E-state index >= 15 is 0 Å². The van der Waals surface area contributed by atoms with Crippen molar-refractivity contribution >= 4 is 28.1 Å². The third-order valence-electron chi connectivity index (χ3n) is 3.35. The van der Waals surface area contributed by atoms with Gasteiger partial charge in [0.15, 0.2) is 5.13 Å². The highest BCUT2D eigenvalue weighted by molar-refractivity contribution is 7.14. The average Bonchev–Trinajstić information content (AvgIpc) is 3.10. The Kier molecular flexibility index (Phi) is 4.50. The maximum Gasteiger partial charge on any atom is 0.270 e. The van der Waals surface area contributed by atoms with Crippen LogP contribution in [0.2, 0.25) is 0 Å². The SMILES string of the molecule is N#Cc1ccc(C(=O)Nc2nc(-c3cccc([N+](=O)[O-])c3)cs2)cc1. The van der Waals surface area contributed by atoms with Gasteiger partial charge < -0.3 is 0 Å². The third-order valence-corrected chi connectivity index (χ3v) is 4.11. The minimum Gasteiger partial charge on any atom is -0.298 e. The van der Waals surface area contributed by atoms with Crippen LogP contribution < -0.4 is 5.32 Å². The molecule has 8 heteroatoms. The number of nitro groups is 1. The van der Waals surface area contributed by atoms with E-state index in [0.29, 0.717) is 27.5 Å². The van der Waals surface area contributed by atoms with E-state index in [2.05, 4.69) is 10.3 Å². The minimum atomic E-state index is -0.469. The maximum atomic E-state index is 12.2. The summed E-state index contributed by atoms with van der Waals surface area (Å²) in [7, 11) is 0. The van der Waals surface area contributed by atoms with Crippen LogP contribution >= 0.6 is 11.3 Å². The molecule has 0 saturated carbocycles. The smallest absolute Gasteiger partial charge is 0.270 e. The number of nitrogens with one attached hydrogen (secondary N) is 1. The van der Waals surface area contributed by atoms with Crippen molar-refractivity contribution < 1.29 is 9.72 Å². The predicted molar refractivity (Wildman–Crippen MR) is 93.3 cm³/mol. The molecule has 122 valence electrons. The molecule has 1 aromatic heterocycles. The number of aromatic nitrogens is 1. The number of nitriles is 1. The van der Waals surface area contributed by atoms with Gasteiger partial charge in [-0.05, 0) is 24.3 Å². The fourth-order valence-corrected chi connectivity index (χ4v) is 2.82. The molecule has 3 aromatic rings. The van der Waals surface area contributed by atoms with Crippen molar-refractivity contribution in [1.29, 1.82) is 5.26 Å². The lowest BCUT2D eigenvalue weighted by atomic mass is 10.1. The number of nitro benzene ring substituents is 1. The van der Waals surface area contributed by atoms with E-state index in [1.165, 1.54) is 23.5 Å². The Labute approximate surface area is 146 Å². The van der Waals surface area contributed by atoms with Crippen LogP contribution in [0.25, 0.3) is 11.3 Å². The Hall–Kier alpha value is -3.57. The zero-order valence-corrected chi connectivity index (χ0v) is 13.5. The second-order valence-electron chi connectivity index (χ2n) is 4.99. The van der Waals surface area contributed by atoms with Crippen LogP contribution in [-0.4, -0.2) is 15.8 Å². The molecule has 0 unspecified atom stereocenters. The van der Waals surface area contributed by atoms with Crippen LogP contribution in [0.1, 0.15) is 15.9 Å². The van der Waals surface area contributed by atoms with E-state index in [4.69, 9.17) is 5.26 Å². The Bertz CT molecular complexity index is 990. The number of carbonyl (C=O) groups excluding carboxylic acids is 1. The number of non-ortho nitro benzene ring substituents is 1. The summed E-state index contributed by atoms with van der Waals surface area (Å²) in [4.78, 5) is 26.9. The quantitative estimate of drug-likeness (QED) is 0.568. The summed E-state index contributed by atoms with van der Waals surface area (Å²) < 4.78 is 0. The highest BCUT2D eigenvalue weighted by Gasteiger charge is 2.12. The Balaban J connectivity index is 1.77. The summed E-state index contributed by atoms with van der Waals surface area (Å²) in [6, 6.07) is 14.4. The Morgan fingerprint density at radius 3 is 2.68 bits per heavy atom. The molecule has 3 rings (SSSR count). The molecule has 7 nitrogen and oxygen atoms in total. The number of hydrogen-bond donors (Lipinski definition) is 1. The second kappa shape index (κ2) is 6.90. The molecule has 1 N–H and O–H groups in total. The normalized spacial score (nSPS) is 10.0. The van der Waals surface area contributed by atoms with Crippen LogP contribution in [0.4, 0.5) is 10.8 Å². The van der Waals surface area contributed by atoms with Gasteiger partial charge in [0.2, 0.25) is 0 Å². The van der Waals surface area contributed by atoms with E-state index < -0.39 is 4.92 Å². The molecule has 25 heavy (non-hydrogen) atoms. The number of thiazole rings is 1. The van der Waals surface area contributed by atoms with Gasteiger partial charge in [0.05, 0.1) is 22.2 Å². The van der Waals surface area contributed by atoms with Gasteiger partial charge in [-0.1, -0.05) is 12.1 Å². The van der Waals surface area contributed by atoms with Crippen molar-refractivity contribution in [3.05, 3.63) is 75.2 Å². The summed E-state index contributed by atoms with van der Waals surface area (Å²) in [5, 5.41) is 24.4. The monoisotopic (exact) mass is 350 g/mol.